The third-order valence-corrected chi connectivity index (χ3v) is 3.72. The molecule has 0 saturated carbocycles. The van der Waals surface area contributed by atoms with Gasteiger partial charge in [-0.2, -0.15) is 0 Å². The number of rotatable bonds is 3. The summed E-state index contributed by atoms with van der Waals surface area (Å²) in [5, 5.41) is 9.09. The first-order valence-electron chi connectivity index (χ1n) is 6.11. The molecule has 1 aromatic carbocycles. The maximum Gasteiger partial charge on any atom is 0.309 e. The molecule has 1 saturated heterocycles. The van der Waals surface area contributed by atoms with E-state index in [1.165, 1.54) is 0 Å². The van der Waals surface area contributed by atoms with Crippen molar-refractivity contribution in [2.24, 2.45) is 5.92 Å². The molecule has 18 heavy (non-hydrogen) atoms. The zero-order valence-electron chi connectivity index (χ0n) is 10.5. The van der Waals surface area contributed by atoms with Crippen molar-refractivity contribution in [1.82, 2.24) is 4.90 Å². The summed E-state index contributed by atoms with van der Waals surface area (Å²) in [6.45, 7) is 3.75. The highest BCUT2D eigenvalue weighted by molar-refractivity contribution is 5.87. The molecule has 1 aliphatic heterocycles. The van der Waals surface area contributed by atoms with Crippen molar-refractivity contribution < 1.29 is 14.7 Å². The van der Waals surface area contributed by atoms with Gasteiger partial charge in [-0.05, 0) is 19.4 Å². The van der Waals surface area contributed by atoms with E-state index in [-0.39, 0.29) is 24.4 Å². The lowest BCUT2D eigenvalue weighted by Crippen LogP contribution is -2.36. The topological polar surface area (TPSA) is 57.6 Å². The number of carboxylic acids is 1. The van der Waals surface area contributed by atoms with Crippen LogP contribution in [0.3, 0.4) is 0 Å². The summed E-state index contributed by atoms with van der Waals surface area (Å²) in [5.74, 6) is -1.56. The molecule has 0 aromatic heterocycles. The molecule has 4 heteroatoms. The van der Waals surface area contributed by atoms with Gasteiger partial charge in [0.1, 0.15) is 0 Å². The van der Waals surface area contributed by atoms with Gasteiger partial charge in [0.2, 0.25) is 5.91 Å². The lowest BCUT2D eigenvalue weighted by Gasteiger charge is -2.30. The van der Waals surface area contributed by atoms with Crippen LogP contribution in [0.2, 0.25) is 0 Å². The lowest BCUT2D eigenvalue weighted by molar-refractivity contribution is -0.142. The quantitative estimate of drug-likeness (QED) is 0.889. The molecule has 1 amide bonds. The van der Waals surface area contributed by atoms with E-state index in [0.29, 0.717) is 0 Å². The number of amides is 1. The SMILES string of the molecule is CC1[C@@H](C(=O)O)CC(=O)N1[C@@H](C)c1ccccc1. The van der Waals surface area contributed by atoms with Gasteiger partial charge in [0.05, 0.1) is 12.0 Å². The Bertz CT molecular complexity index is 457. The molecule has 96 valence electrons. The Labute approximate surface area is 106 Å². The third-order valence-electron chi connectivity index (χ3n) is 3.72. The van der Waals surface area contributed by atoms with Crippen molar-refractivity contribution >= 4 is 11.9 Å². The highest BCUT2D eigenvalue weighted by atomic mass is 16.4. The van der Waals surface area contributed by atoms with Gasteiger partial charge in [0, 0.05) is 12.5 Å². The van der Waals surface area contributed by atoms with E-state index in [2.05, 4.69) is 0 Å². The summed E-state index contributed by atoms with van der Waals surface area (Å²) >= 11 is 0. The molecule has 4 nitrogen and oxygen atoms in total. The number of carbonyl (C=O) groups is 2. The minimum atomic E-state index is -0.890. The summed E-state index contributed by atoms with van der Waals surface area (Å²) in [7, 11) is 0. The number of likely N-dealkylation sites (tertiary alicyclic amines) is 1. The second kappa shape index (κ2) is 4.80. The summed E-state index contributed by atoms with van der Waals surface area (Å²) in [4.78, 5) is 24.7. The first-order valence-corrected chi connectivity index (χ1v) is 6.11. The molecule has 1 aromatic rings. The smallest absolute Gasteiger partial charge is 0.309 e. The van der Waals surface area contributed by atoms with Crippen molar-refractivity contribution in [3.63, 3.8) is 0 Å². The van der Waals surface area contributed by atoms with Gasteiger partial charge in [0.25, 0.3) is 0 Å². The van der Waals surface area contributed by atoms with Crippen molar-refractivity contribution in [2.45, 2.75) is 32.4 Å². The van der Waals surface area contributed by atoms with Crippen LogP contribution in [0.4, 0.5) is 0 Å². The molecule has 1 unspecified atom stereocenters. The molecule has 1 N–H and O–H groups in total. The van der Waals surface area contributed by atoms with Crippen LogP contribution >= 0.6 is 0 Å². The third kappa shape index (κ3) is 2.10. The maximum absolute atomic E-state index is 12.0. The van der Waals surface area contributed by atoms with Gasteiger partial charge >= 0.3 is 5.97 Å². The number of aliphatic carboxylic acids is 1. The number of carboxylic acid groups (broad SMARTS) is 1. The average molecular weight is 247 g/mol. The van der Waals surface area contributed by atoms with Gasteiger partial charge in [0.15, 0.2) is 0 Å². The van der Waals surface area contributed by atoms with E-state index in [4.69, 9.17) is 5.11 Å². The summed E-state index contributed by atoms with van der Waals surface area (Å²) in [5.41, 5.74) is 1.03. The zero-order valence-corrected chi connectivity index (χ0v) is 10.5. The fraction of sp³-hybridized carbons (Fsp3) is 0.429. The Kier molecular flexibility index (Phi) is 3.36. The normalized spacial score (nSPS) is 25.2. The fourth-order valence-corrected chi connectivity index (χ4v) is 2.64. The highest BCUT2D eigenvalue weighted by Crippen LogP contribution is 2.33. The minimum Gasteiger partial charge on any atom is -0.481 e. The van der Waals surface area contributed by atoms with E-state index in [9.17, 15) is 9.59 Å². The van der Waals surface area contributed by atoms with Gasteiger partial charge in [-0.15, -0.1) is 0 Å². The second-order valence-electron chi connectivity index (χ2n) is 4.78. The molecule has 0 aliphatic carbocycles. The van der Waals surface area contributed by atoms with Crippen LogP contribution in [0.5, 0.6) is 0 Å². The number of benzene rings is 1. The Morgan fingerprint density at radius 1 is 1.39 bits per heavy atom. The number of hydrogen-bond acceptors (Lipinski definition) is 2. The molecular weight excluding hydrogens is 230 g/mol. The first-order chi connectivity index (χ1) is 8.52. The largest absolute Gasteiger partial charge is 0.481 e. The maximum atomic E-state index is 12.0. The molecular formula is C14H17NO3. The van der Waals surface area contributed by atoms with Crippen molar-refractivity contribution in [3.8, 4) is 0 Å². The van der Waals surface area contributed by atoms with Crippen molar-refractivity contribution in [1.29, 1.82) is 0 Å². The molecule has 1 aliphatic rings. The van der Waals surface area contributed by atoms with Crippen LogP contribution in [0, 0.1) is 5.92 Å². The van der Waals surface area contributed by atoms with Crippen LogP contribution in [-0.4, -0.2) is 27.9 Å². The molecule has 3 atom stereocenters. The number of hydrogen-bond donors (Lipinski definition) is 1. The Balaban J connectivity index is 2.23. The summed E-state index contributed by atoms with van der Waals surface area (Å²) in [6.07, 6.45) is 0.105. The lowest BCUT2D eigenvalue weighted by atomic mass is 10.0. The zero-order chi connectivity index (χ0) is 13.3. The molecule has 0 radical (unpaired) electrons. The van der Waals surface area contributed by atoms with Crippen LogP contribution in [0.15, 0.2) is 30.3 Å². The van der Waals surface area contributed by atoms with Crippen molar-refractivity contribution in [2.75, 3.05) is 0 Å². The average Bonchev–Trinajstić information content (AvgIpc) is 2.65. The molecule has 1 heterocycles. The predicted octanol–water partition coefficient (Wildman–Crippen LogP) is 2.07. The Morgan fingerprint density at radius 2 is 2.00 bits per heavy atom. The Morgan fingerprint density at radius 3 is 2.50 bits per heavy atom. The minimum absolute atomic E-state index is 0.0775. The van der Waals surface area contributed by atoms with Gasteiger partial charge in [-0.1, -0.05) is 30.3 Å². The van der Waals surface area contributed by atoms with E-state index >= 15 is 0 Å². The van der Waals surface area contributed by atoms with E-state index in [1.54, 1.807) is 4.90 Å². The van der Waals surface area contributed by atoms with Crippen molar-refractivity contribution in [3.05, 3.63) is 35.9 Å². The first kappa shape index (κ1) is 12.6. The highest BCUT2D eigenvalue weighted by Gasteiger charge is 2.43. The molecule has 1 fully saturated rings. The molecule has 0 bridgehead atoms. The van der Waals surface area contributed by atoms with Gasteiger partial charge in [-0.25, -0.2) is 0 Å². The molecule has 2 rings (SSSR count). The predicted molar refractivity (Wildman–Crippen MR) is 66.9 cm³/mol. The number of nitrogens with zero attached hydrogens (tertiary/aromatic N) is 1. The van der Waals surface area contributed by atoms with E-state index in [1.807, 2.05) is 44.2 Å². The van der Waals surface area contributed by atoms with Crippen LogP contribution in [0.25, 0.3) is 0 Å². The van der Waals surface area contributed by atoms with Crippen LogP contribution in [0.1, 0.15) is 31.9 Å². The van der Waals surface area contributed by atoms with Crippen LogP contribution in [-0.2, 0) is 9.59 Å². The van der Waals surface area contributed by atoms with E-state index in [0.717, 1.165) is 5.56 Å². The standard InChI is InChI=1S/C14H17NO3/c1-9(11-6-4-3-5-7-11)15-10(2)12(14(17)18)8-13(15)16/h3-7,9-10,12H,8H2,1-2H3,(H,17,18)/t9-,10?,12-/m0/s1. The van der Waals surface area contributed by atoms with E-state index < -0.39 is 11.9 Å². The monoisotopic (exact) mass is 247 g/mol. The summed E-state index contributed by atoms with van der Waals surface area (Å²) in [6, 6.07) is 9.34. The second-order valence-corrected chi connectivity index (χ2v) is 4.78. The van der Waals surface area contributed by atoms with Gasteiger partial charge in [-0.3, -0.25) is 9.59 Å². The molecule has 0 spiro atoms. The van der Waals surface area contributed by atoms with Crippen LogP contribution < -0.4 is 0 Å². The summed E-state index contributed by atoms with van der Waals surface area (Å²) < 4.78 is 0. The number of carbonyl (C=O) groups excluding carboxylic acids is 1. The van der Waals surface area contributed by atoms with Gasteiger partial charge < -0.3 is 10.0 Å². The Hall–Kier alpha value is -1.84. The fourth-order valence-electron chi connectivity index (χ4n) is 2.64.